The van der Waals surface area contributed by atoms with E-state index in [0.717, 1.165) is 10.6 Å². The SMILES string of the molecule is O=c1[nH]cc(C2COc3ccccc3S2)[nH]c1=O. The van der Waals surface area contributed by atoms with E-state index in [-0.39, 0.29) is 5.25 Å². The number of hydrogen-bond donors (Lipinski definition) is 2. The minimum Gasteiger partial charge on any atom is -0.491 e. The molecule has 1 atom stereocenters. The summed E-state index contributed by atoms with van der Waals surface area (Å²) in [5.74, 6) is 0.852. The normalized spacial score (nSPS) is 17.9. The molecule has 6 heteroatoms. The molecule has 0 bridgehead atoms. The maximum atomic E-state index is 11.3. The average Bonchev–Trinajstić information content (AvgIpc) is 2.41. The van der Waals surface area contributed by atoms with Gasteiger partial charge in [-0.05, 0) is 12.1 Å². The molecule has 0 amide bonds. The lowest BCUT2D eigenvalue weighted by Crippen LogP contribution is -2.31. The monoisotopic (exact) mass is 262 g/mol. The van der Waals surface area contributed by atoms with Crippen LogP contribution >= 0.6 is 11.8 Å². The van der Waals surface area contributed by atoms with Crippen molar-refractivity contribution in [2.45, 2.75) is 10.1 Å². The fourth-order valence-corrected chi connectivity index (χ4v) is 2.88. The molecule has 0 saturated carbocycles. The number of rotatable bonds is 1. The van der Waals surface area contributed by atoms with Crippen LogP contribution in [0.15, 0.2) is 44.9 Å². The zero-order valence-corrected chi connectivity index (χ0v) is 10.1. The highest BCUT2D eigenvalue weighted by molar-refractivity contribution is 7.99. The first-order valence-electron chi connectivity index (χ1n) is 5.44. The van der Waals surface area contributed by atoms with E-state index in [4.69, 9.17) is 4.74 Å². The number of ether oxygens (including phenoxy) is 1. The van der Waals surface area contributed by atoms with Gasteiger partial charge < -0.3 is 14.7 Å². The van der Waals surface area contributed by atoms with Crippen molar-refractivity contribution in [3.63, 3.8) is 0 Å². The van der Waals surface area contributed by atoms with Crippen LogP contribution in [0.25, 0.3) is 0 Å². The number of aromatic nitrogens is 2. The molecule has 1 aromatic carbocycles. The number of fused-ring (bicyclic) bond motifs is 1. The number of thioether (sulfide) groups is 1. The summed E-state index contributed by atoms with van der Waals surface area (Å²) >= 11 is 1.61. The summed E-state index contributed by atoms with van der Waals surface area (Å²) in [6, 6.07) is 7.74. The summed E-state index contributed by atoms with van der Waals surface area (Å²) in [4.78, 5) is 28.3. The first kappa shape index (κ1) is 11.2. The summed E-state index contributed by atoms with van der Waals surface area (Å²) < 4.78 is 5.63. The van der Waals surface area contributed by atoms with E-state index in [1.54, 1.807) is 11.8 Å². The van der Waals surface area contributed by atoms with Crippen LogP contribution in [0.5, 0.6) is 5.75 Å². The van der Waals surface area contributed by atoms with Crippen molar-refractivity contribution < 1.29 is 4.74 Å². The van der Waals surface area contributed by atoms with Crippen molar-refractivity contribution in [2.75, 3.05) is 6.61 Å². The second-order valence-electron chi connectivity index (χ2n) is 3.89. The molecule has 1 aliphatic heterocycles. The maximum Gasteiger partial charge on any atom is 0.313 e. The Bertz CT molecular complexity index is 692. The molecule has 5 nitrogen and oxygen atoms in total. The van der Waals surface area contributed by atoms with Gasteiger partial charge in [-0.1, -0.05) is 12.1 Å². The van der Waals surface area contributed by atoms with Gasteiger partial charge in [0.05, 0.1) is 15.8 Å². The number of para-hydroxylation sites is 1. The van der Waals surface area contributed by atoms with Gasteiger partial charge in [-0.15, -0.1) is 11.8 Å². The van der Waals surface area contributed by atoms with Gasteiger partial charge >= 0.3 is 11.1 Å². The lowest BCUT2D eigenvalue weighted by Gasteiger charge is -2.24. The minimum absolute atomic E-state index is 0.0237. The van der Waals surface area contributed by atoms with Crippen LogP contribution in [0.1, 0.15) is 10.9 Å². The van der Waals surface area contributed by atoms with Gasteiger partial charge in [-0.3, -0.25) is 9.59 Å². The number of hydrogen-bond acceptors (Lipinski definition) is 4. The highest BCUT2D eigenvalue weighted by Crippen LogP contribution is 2.43. The average molecular weight is 262 g/mol. The molecule has 3 rings (SSSR count). The van der Waals surface area contributed by atoms with Crippen LogP contribution in [-0.4, -0.2) is 16.6 Å². The van der Waals surface area contributed by atoms with Crippen LogP contribution in [0.3, 0.4) is 0 Å². The van der Waals surface area contributed by atoms with Crippen molar-refractivity contribution in [1.29, 1.82) is 0 Å². The Kier molecular flexibility index (Phi) is 2.71. The van der Waals surface area contributed by atoms with Crippen molar-refractivity contribution >= 4 is 11.8 Å². The standard InChI is InChI=1S/C12H10N2O3S/c15-11-12(16)14-7(5-13-11)10-6-17-8-3-1-2-4-9(8)18-10/h1-5,10H,6H2,(H,13,15)(H,14,16). The van der Waals surface area contributed by atoms with E-state index in [9.17, 15) is 9.59 Å². The second kappa shape index (κ2) is 4.38. The molecular weight excluding hydrogens is 252 g/mol. The number of H-pyrrole nitrogens is 2. The smallest absolute Gasteiger partial charge is 0.313 e. The van der Waals surface area contributed by atoms with Crippen LogP contribution in [0.2, 0.25) is 0 Å². The zero-order chi connectivity index (χ0) is 12.5. The van der Waals surface area contributed by atoms with Gasteiger partial charge in [0, 0.05) is 6.20 Å². The van der Waals surface area contributed by atoms with E-state index < -0.39 is 11.1 Å². The Hall–Kier alpha value is -1.95. The Labute approximate surface area is 106 Å². The van der Waals surface area contributed by atoms with E-state index >= 15 is 0 Å². The molecule has 0 fully saturated rings. The van der Waals surface area contributed by atoms with E-state index in [1.165, 1.54) is 6.20 Å². The number of benzene rings is 1. The van der Waals surface area contributed by atoms with Gasteiger partial charge in [0.1, 0.15) is 12.4 Å². The van der Waals surface area contributed by atoms with Crippen LogP contribution in [-0.2, 0) is 0 Å². The third-order valence-corrected chi connectivity index (χ3v) is 3.94. The van der Waals surface area contributed by atoms with E-state index in [0.29, 0.717) is 12.3 Å². The minimum atomic E-state index is -0.638. The van der Waals surface area contributed by atoms with Crippen LogP contribution in [0, 0.1) is 0 Å². The van der Waals surface area contributed by atoms with Crippen molar-refractivity contribution in [2.24, 2.45) is 0 Å². The van der Waals surface area contributed by atoms with Crippen molar-refractivity contribution in [3.05, 3.63) is 56.9 Å². The fraction of sp³-hybridized carbons (Fsp3) is 0.167. The van der Waals surface area contributed by atoms with Crippen molar-refractivity contribution in [1.82, 2.24) is 9.97 Å². The molecule has 0 radical (unpaired) electrons. The highest BCUT2D eigenvalue weighted by atomic mass is 32.2. The molecule has 18 heavy (non-hydrogen) atoms. The molecule has 0 aliphatic carbocycles. The molecule has 0 spiro atoms. The second-order valence-corrected chi connectivity index (χ2v) is 5.14. The third-order valence-electron chi connectivity index (χ3n) is 2.68. The number of nitrogens with one attached hydrogen (secondary N) is 2. The molecule has 0 saturated heterocycles. The van der Waals surface area contributed by atoms with Crippen LogP contribution in [0.4, 0.5) is 0 Å². The molecule has 1 aliphatic rings. The summed E-state index contributed by atoms with van der Waals surface area (Å²) in [7, 11) is 0. The molecule has 2 aromatic rings. The molecule has 1 unspecified atom stereocenters. The highest BCUT2D eigenvalue weighted by Gasteiger charge is 2.22. The zero-order valence-electron chi connectivity index (χ0n) is 9.30. The topological polar surface area (TPSA) is 75.0 Å². The van der Waals surface area contributed by atoms with E-state index in [1.807, 2.05) is 24.3 Å². The van der Waals surface area contributed by atoms with Gasteiger partial charge in [0.15, 0.2) is 0 Å². The number of aromatic amines is 2. The molecule has 1 aromatic heterocycles. The van der Waals surface area contributed by atoms with Crippen molar-refractivity contribution in [3.8, 4) is 5.75 Å². The largest absolute Gasteiger partial charge is 0.491 e. The van der Waals surface area contributed by atoms with Crippen LogP contribution < -0.4 is 15.9 Å². The van der Waals surface area contributed by atoms with E-state index in [2.05, 4.69) is 9.97 Å². The van der Waals surface area contributed by atoms with Gasteiger partial charge in [-0.2, -0.15) is 0 Å². The maximum absolute atomic E-state index is 11.3. The Morgan fingerprint density at radius 2 is 2.06 bits per heavy atom. The Morgan fingerprint density at radius 3 is 2.89 bits per heavy atom. The van der Waals surface area contributed by atoms with Gasteiger partial charge in [0.25, 0.3) is 0 Å². The lowest BCUT2D eigenvalue weighted by molar-refractivity contribution is 0.302. The predicted molar refractivity (Wildman–Crippen MR) is 68.2 cm³/mol. The summed E-state index contributed by atoms with van der Waals surface area (Å²) in [6.45, 7) is 0.462. The first-order valence-corrected chi connectivity index (χ1v) is 6.32. The molecule has 92 valence electrons. The Morgan fingerprint density at radius 1 is 1.22 bits per heavy atom. The third kappa shape index (κ3) is 1.95. The summed E-state index contributed by atoms with van der Waals surface area (Å²) in [5, 5.41) is -0.0237. The van der Waals surface area contributed by atoms with Gasteiger partial charge in [0.2, 0.25) is 0 Å². The lowest BCUT2D eigenvalue weighted by atomic mass is 10.3. The quantitative estimate of drug-likeness (QED) is 0.759. The summed E-state index contributed by atoms with van der Waals surface area (Å²) in [6.07, 6.45) is 1.53. The molecule has 2 heterocycles. The Balaban J connectivity index is 1.94. The molecule has 2 N–H and O–H groups in total. The summed E-state index contributed by atoms with van der Waals surface area (Å²) in [5.41, 5.74) is -0.605. The molecular formula is C12H10N2O3S. The first-order chi connectivity index (χ1) is 8.74. The predicted octanol–water partition coefficient (Wildman–Crippen LogP) is 1.29. The fourth-order valence-electron chi connectivity index (χ4n) is 1.78. The van der Waals surface area contributed by atoms with Gasteiger partial charge in [-0.25, -0.2) is 0 Å².